The molecule has 4 heteroatoms. The normalized spacial score (nSPS) is 14.0. The smallest absolute Gasteiger partial charge is 0.241 e. The lowest BCUT2D eigenvalue weighted by atomic mass is 10.1. The summed E-state index contributed by atoms with van der Waals surface area (Å²) < 4.78 is 0. The van der Waals surface area contributed by atoms with Crippen molar-refractivity contribution in [2.24, 2.45) is 0 Å². The van der Waals surface area contributed by atoms with Crippen molar-refractivity contribution in [3.63, 3.8) is 0 Å². The molecule has 0 aliphatic heterocycles. The second-order valence-electron chi connectivity index (χ2n) is 5.64. The highest BCUT2D eigenvalue weighted by Gasteiger charge is 2.24. The van der Waals surface area contributed by atoms with E-state index in [0.717, 1.165) is 31.5 Å². The van der Waals surface area contributed by atoms with Crippen LogP contribution in [0.5, 0.6) is 0 Å². The van der Waals surface area contributed by atoms with Crippen LogP contribution in [0.15, 0.2) is 24.3 Å². The molecule has 4 nitrogen and oxygen atoms in total. The van der Waals surface area contributed by atoms with E-state index in [1.165, 1.54) is 0 Å². The number of hydrogen-bond acceptors (Lipinski definition) is 3. The molecule has 0 aromatic heterocycles. The van der Waals surface area contributed by atoms with Crippen LogP contribution in [0.3, 0.4) is 0 Å². The summed E-state index contributed by atoms with van der Waals surface area (Å²) in [5, 5.41) is 2.96. The van der Waals surface area contributed by atoms with Crippen molar-refractivity contribution < 1.29 is 4.79 Å². The highest BCUT2D eigenvalue weighted by atomic mass is 16.2. The van der Waals surface area contributed by atoms with E-state index >= 15 is 0 Å². The molecular formula is C17H29N3O. The average molecular weight is 291 g/mol. The first kappa shape index (κ1) is 17.5. The SMILES string of the molecule is CCCCN(C(C)CC)C(C)C(=O)Nc1cccc(N)c1. The first-order valence-corrected chi connectivity index (χ1v) is 7.91. The third-order valence-electron chi connectivity index (χ3n) is 3.96. The third-order valence-corrected chi connectivity index (χ3v) is 3.96. The van der Waals surface area contributed by atoms with Gasteiger partial charge in [0.25, 0.3) is 0 Å². The molecule has 1 amide bonds. The van der Waals surface area contributed by atoms with Crippen molar-refractivity contribution in [3.8, 4) is 0 Å². The number of nitrogens with two attached hydrogens (primary N) is 1. The Kier molecular flexibility index (Phi) is 7.23. The zero-order valence-corrected chi connectivity index (χ0v) is 13.7. The zero-order valence-electron chi connectivity index (χ0n) is 13.7. The number of nitrogens with one attached hydrogen (secondary N) is 1. The van der Waals surface area contributed by atoms with Gasteiger partial charge in [0.15, 0.2) is 0 Å². The molecular weight excluding hydrogens is 262 g/mol. The van der Waals surface area contributed by atoms with Crippen molar-refractivity contribution >= 4 is 17.3 Å². The molecule has 0 spiro atoms. The van der Waals surface area contributed by atoms with Crippen LogP contribution in [0.1, 0.15) is 47.0 Å². The van der Waals surface area contributed by atoms with Crippen LogP contribution in [0.2, 0.25) is 0 Å². The number of nitrogens with zero attached hydrogens (tertiary/aromatic N) is 1. The standard InChI is InChI=1S/C17H29N3O/c1-5-7-11-20(13(3)6-2)14(4)17(21)19-16-10-8-9-15(18)12-16/h8-10,12-14H,5-7,11,18H2,1-4H3,(H,19,21). The van der Waals surface area contributed by atoms with E-state index in [0.29, 0.717) is 11.7 Å². The first-order valence-electron chi connectivity index (χ1n) is 7.91. The fraction of sp³-hybridized carbons (Fsp3) is 0.588. The number of hydrogen-bond donors (Lipinski definition) is 2. The number of amides is 1. The van der Waals surface area contributed by atoms with Crippen LogP contribution >= 0.6 is 0 Å². The molecule has 1 aromatic rings. The second-order valence-corrected chi connectivity index (χ2v) is 5.64. The summed E-state index contributed by atoms with van der Waals surface area (Å²) in [6, 6.07) is 7.56. The average Bonchev–Trinajstić information content (AvgIpc) is 2.46. The first-order chi connectivity index (χ1) is 9.99. The van der Waals surface area contributed by atoms with Crippen molar-refractivity contribution in [1.29, 1.82) is 0 Å². The molecule has 0 bridgehead atoms. The highest BCUT2D eigenvalue weighted by Crippen LogP contribution is 2.15. The van der Waals surface area contributed by atoms with Gasteiger partial charge in [0, 0.05) is 17.4 Å². The van der Waals surface area contributed by atoms with Gasteiger partial charge in [0.2, 0.25) is 5.91 Å². The van der Waals surface area contributed by atoms with Crippen LogP contribution in [-0.2, 0) is 4.79 Å². The van der Waals surface area contributed by atoms with Crippen molar-refractivity contribution in [2.45, 2.75) is 59.0 Å². The maximum absolute atomic E-state index is 12.5. The lowest BCUT2D eigenvalue weighted by Gasteiger charge is -2.33. The lowest BCUT2D eigenvalue weighted by molar-refractivity contribution is -0.121. The quantitative estimate of drug-likeness (QED) is 0.721. The Morgan fingerprint density at radius 3 is 2.62 bits per heavy atom. The molecule has 2 unspecified atom stereocenters. The Morgan fingerprint density at radius 1 is 1.33 bits per heavy atom. The summed E-state index contributed by atoms with van der Waals surface area (Å²) in [6.45, 7) is 9.44. The molecule has 0 saturated carbocycles. The molecule has 1 rings (SSSR count). The number of anilines is 2. The number of nitrogen functional groups attached to an aromatic ring is 1. The van der Waals surface area contributed by atoms with Gasteiger partial charge in [-0.3, -0.25) is 9.69 Å². The van der Waals surface area contributed by atoms with Crippen molar-refractivity contribution in [3.05, 3.63) is 24.3 Å². The van der Waals surface area contributed by atoms with Gasteiger partial charge in [-0.05, 0) is 51.4 Å². The summed E-state index contributed by atoms with van der Waals surface area (Å²) in [7, 11) is 0. The fourth-order valence-corrected chi connectivity index (χ4v) is 2.38. The minimum Gasteiger partial charge on any atom is -0.399 e. The van der Waals surface area contributed by atoms with E-state index < -0.39 is 0 Å². The van der Waals surface area contributed by atoms with Gasteiger partial charge in [0.1, 0.15) is 0 Å². The van der Waals surface area contributed by atoms with Crippen LogP contribution in [-0.4, -0.2) is 29.4 Å². The number of unbranched alkanes of at least 4 members (excludes halogenated alkanes) is 1. The molecule has 2 atom stereocenters. The van der Waals surface area contributed by atoms with Crippen molar-refractivity contribution in [2.75, 3.05) is 17.6 Å². The minimum atomic E-state index is -0.145. The Bertz CT molecular complexity index is 447. The Labute approximate surface area is 128 Å². The molecule has 0 radical (unpaired) electrons. The third kappa shape index (κ3) is 5.38. The van der Waals surface area contributed by atoms with Gasteiger partial charge in [0.05, 0.1) is 6.04 Å². The molecule has 118 valence electrons. The number of rotatable bonds is 8. The summed E-state index contributed by atoms with van der Waals surface area (Å²) in [5.74, 6) is 0.0250. The van der Waals surface area contributed by atoms with Crippen molar-refractivity contribution in [1.82, 2.24) is 4.90 Å². The molecule has 3 N–H and O–H groups in total. The van der Waals surface area contributed by atoms with Gasteiger partial charge in [-0.25, -0.2) is 0 Å². The van der Waals surface area contributed by atoms with Gasteiger partial charge in [-0.1, -0.05) is 26.3 Å². The van der Waals surface area contributed by atoms with E-state index in [1.54, 1.807) is 6.07 Å². The monoisotopic (exact) mass is 291 g/mol. The van der Waals surface area contributed by atoms with E-state index in [4.69, 9.17) is 5.73 Å². The van der Waals surface area contributed by atoms with Gasteiger partial charge in [-0.15, -0.1) is 0 Å². The number of carbonyl (C=O) groups is 1. The number of carbonyl (C=O) groups excluding carboxylic acids is 1. The van der Waals surface area contributed by atoms with E-state index in [9.17, 15) is 4.79 Å². The maximum Gasteiger partial charge on any atom is 0.241 e. The summed E-state index contributed by atoms with van der Waals surface area (Å²) in [4.78, 5) is 14.7. The predicted octanol–water partition coefficient (Wildman–Crippen LogP) is 3.50. The molecule has 0 aliphatic rings. The molecule has 1 aromatic carbocycles. The zero-order chi connectivity index (χ0) is 15.8. The van der Waals surface area contributed by atoms with Gasteiger partial charge < -0.3 is 11.1 Å². The second kappa shape index (κ2) is 8.67. The predicted molar refractivity (Wildman–Crippen MR) is 90.3 cm³/mol. The lowest BCUT2D eigenvalue weighted by Crippen LogP contribution is -2.47. The van der Waals surface area contributed by atoms with Crippen LogP contribution < -0.4 is 11.1 Å². The van der Waals surface area contributed by atoms with Gasteiger partial charge >= 0.3 is 0 Å². The van der Waals surface area contributed by atoms with E-state index in [2.05, 4.69) is 31.0 Å². The highest BCUT2D eigenvalue weighted by molar-refractivity contribution is 5.94. The Morgan fingerprint density at radius 2 is 2.05 bits per heavy atom. The molecule has 0 fully saturated rings. The number of benzene rings is 1. The molecule has 21 heavy (non-hydrogen) atoms. The van der Waals surface area contributed by atoms with Crippen LogP contribution in [0, 0.1) is 0 Å². The molecule has 0 saturated heterocycles. The summed E-state index contributed by atoms with van der Waals surface area (Å²) in [5.41, 5.74) is 7.16. The van der Waals surface area contributed by atoms with E-state index in [-0.39, 0.29) is 11.9 Å². The van der Waals surface area contributed by atoms with E-state index in [1.807, 2.05) is 25.1 Å². The summed E-state index contributed by atoms with van der Waals surface area (Å²) in [6.07, 6.45) is 3.29. The Hall–Kier alpha value is -1.55. The largest absolute Gasteiger partial charge is 0.399 e. The molecule has 0 aliphatic carbocycles. The van der Waals surface area contributed by atoms with Gasteiger partial charge in [-0.2, -0.15) is 0 Å². The summed E-state index contributed by atoms with van der Waals surface area (Å²) >= 11 is 0. The molecule has 0 heterocycles. The van der Waals surface area contributed by atoms with Crippen LogP contribution in [0.4, 0.5) is 11.4 Å². The fourth-order valence-electron chi connectivity index (χ4n) is 2.38. The maximum atomic E-state index is 12.5. The topological polar surface area (TPSA) is 58.4 Å². The van der Waals surface area contributed by atoms with Crippen LogP contribution in [0.25, 0.3) is 0 Å². The Balaban J connectivity index is 2.72. The minimum absolute atomic E-state index is 0.0250.